The summed E-state index contributed by atoms with van der Waals surface area (Å²) in [4.78, 5) is 42.8. The highest BCUT2D eigenvalue weighted by atomic mass is 16.5. The van der Waals surface area contributed by atoms with Gasteiger partial charge < -0.3 is 28.9 Å². The molecular formula is C23H33N3O6. The number of piperazine rings is 1. The molecule has 32 heavy (non-hydrogen) atoms. The molecular weight excluding hydrogens is 414 g/mol. The first-order chi connectivity index (χ1) is 15.5. The third-order valence-electron chi connectivity index (χ3n) is 5.45. The average Bonchev–Trinajstić information content (AvgIpc) is 2.85. The normalized spacial score (nSPS) is 16.6. The standard InChI is InChI=1S/C23H33N3O6/c1-3-13-31-19-6-5-18(17-20(19)32-14-4-2)21(27)24-7-9-25(10-8-24)22(28)23(29)26-11-15-30-16-12-26/h5-6,17H,3-4,7-16H2,1-2H3. The minimum atomic E-state index is -0.508. The second kappa shape index (κ2) is 11.7. The van der Waals surface area contributed by atoms with Crippen LogP contribution in [0.15, 0.2) is 18.2 Å². The third-order valence-corrected chi connectivity index (χ3v) is 5.45. The van der Waals surface area contributed by atoms with Gasteiger partial charge >= 0.3 is 11.8 Å². The molecule has 9 heteroatoms. The van der Waals surface area contributed by atoms with E-state index in [2.05, 4.69) is 0 Å². The highest BCUT2D eigenvalue weighted by Crippen LogP contribution is 2.29. The van der Waals surface area contributed by atoms with E-state index in [1.165, 1.54) is 9.80 Å². The molecule has 1 aromatic carbocycles. The highest BCUT2D eigenvalue weighted by molar-refractivity contribution is 6.34. The Hall–Kier alpha value is -2.81. The number of carbonyl (C=O) groups excluding carboxylic acids is 3. The lowest BCUT2D eigenvalue weighted by molar-refractivity contribution is -0.154. The van der Waals surface area contributed by atoms with Crippen molar-refractivity contribution in [1.82, 2.24) is 14.7 Å². The highest BCUT2D eigenvalue weighted by Gasteiger charge is 2.31. The molecule has 2 aliphatic rings. The van der Waals surface area contributed by atoms with Crippen LogP contribution in [0, 0.1) is 0 Å². The Kier molecular flexibility index (Phi) is 8.72. The third kappa shape index (κ3) is 5.91. The molecule has 3 amide bonds. The van der Waals surface area contributed by atoms with Crippen molar-refractivity contribution in [1.29, 1.82) is 0 Å². The lowest BCUT2D eigenvalue weighted by Crippen LogP contribution is -2.55. The topological polar surface area (TPSA) is 88.6 Å². The smallest absolute Gasteiger partial charge is 0.312 e. The number of nitrogens with zero attached hydrogens (tertiary/aromatic N) is 3. The lowest BCUT2D eigenvalue weighted by Gasteiger charge is -2.36. The Morgan fingerprint density at radius 1 is 0.781 bits per heavy atom. The van der Waals surface area contributed by atoms with Gasteiger partial charge in [-0.1, -0.05) is 13.8 Å². The number of ether oxygens (including phenoxy) is 3. The van der Waals surface area contributed by atoms with Crippen molar-refractivity contribution in [3.05, 3.63) is 23.8 Å². The van der Waals surface area contributed by atoms with Gasteiger partial charge in [-0.3, -0.25) is 14.4 Å². The summed E-state index contributed by atoms with van der Waals surface area (Å²) in [6.45, 7) is 8.35. The summed E-state index contributed by atoms with van der Waals surface area (Å²) in [7, 11) is 0. The van der Waals surface area contributed by atoms with Crippen LogP contribution >= 0.6 is 0 Å². The predicted molar refractivity (Wildman–Crippen MR) is 118 cm³/mol. The van der Waals surface area contributed by atoms with Gasteiger partial charge in [0.25, 0.3) is 5.91 Å². The molecule has 9 nitrogen and oxygen atoms in total. The zero-order chi connectivity index (χ0) is 22.9. The summed E-state index contributed by atoms with van der Waals surface area (Å²) >= 11 is 0. The maximum absolute atomic E-state index is 13.0. The van der Waals surface area contributed by atoms with Crippen molar-refractivity contribution in [2.45, 2.75) is 26.7 Å². The van der Waals surface area contributed by atoms with E-state index in [0.717, 1.165) is 12.8 Å². The molecule has 0 aromatic heterocycles. The Labute approximate surface area is 189 Å². The number of hydrogen-bond donors (Lipinski definition) is 0. The van der Waals surface area contributed by atoms with E-state index < -0.39 is 11.8 Å². The molecule has 0 bridgehead atoms. The number of amides is 3. The van der Waals surface area contributed by atoms with Gasteiger partial charge in [-0.05, 0) is 31.0 Å². The second-order valence-electron chi connectivity index (χ2n) is 7.85. The number of morpholine rings is 1. The van der Waals surface area contributed by atoms with Crippen LogP contribution in [0.3, 0.4) is 0 Å². The number of carbonyl (C=O) groups is 3. The van der Waals surface area contributed by atoms with Gasteiger partial charge in [-0.2, -0.15) is 0 Å². The molecule has 2 heterocycles. The molecule has 0 saturated carbocycles. The molecule has 0 atom stereocenters. The first-order valence-electron chi connectivity index (χ1n) is 11.4. The molecule has 0 aliphatic carbocycles. The van der Waals surface area contributed by atoms with Crippen LogP contribution in [0.25, 0.3) is 0 Å². The van der Waals surface area contributed by atoms with Crippen LogP contribution in [0.4, 0.5) is 0 Å². The second-order valence-corrected chi connectivity index (χ2v) is 7.85. The Balaban J connectivity index is 1.59. The Morgan fingerprint density at radius 3 is 1.91 bits per heavy atom. The zero-order valence-electron chi connectivity index (χ0n) is 19.0. The van der Waals surface area contributed by atoms with Gasteiger partial charge in [-0.15, -0.1) is 0 Å². The van der Waals surface area contributed by atoms with E-state index in [9.17, 15) is 14.4 Å². The molecule has 2 fully saturated rings. The van der Waals surface area contributed by atoms with E-state index in [1.54, 1.807) is 23.1 Å². The fourth-order valence-electron chi connectivity index (χ4n) is 3.63. The molecule has 2 aliphatic heterocycles. The Bertz CT molecular complexity index is 801. The van der Waals surface area contributed by atoms with Crippen molar-refractivity contribution >= 4 is 17.7 Å². The first kappa shape index (κ1) is 23.8. The van der Waals surface area contributed by atoms with Crippen LogP contribution < -0.4 is 9.47 Å². The summed E-state index contributed by atoms with van der Waals surface area (Å²) in [6.07, 6.45) is 1.73. The lowest BCUT2D eigenvalue weighted by atomic mass is 10.1. The van der Waals surface area contributed by atoms with E-state index >= 15 is 0 Å². The van der Waals surface area contributed by atoms with Gasteiger partial charge in [0.05, 0.1) is 26.4 Å². The molecule has 0 N–H and O–H groups in total. The first-order valence-corrected chi connectivity index (χ1v) is 11.4. The molecule has 0 radical (unpaired) electrons. The van der Waals surface area contributed by atoms with Crippen molar-refractivity contribution in [2.75, 3.05) is 65.7 Å². The molecule has 1 aromatic rings. The van der Waals surface area contributed by atoms with Crippen LogP contribution in [-0.2, 0) is 14.3 Å². The van der Waals surface area contributed by atoms with Gasteiger partial charge in [0.1, 0.15) is 0 Å². The maximum Gasteiger partial charge on any atom is 0.312 e. The monoisotopic (exact) mass is 447 g/mol. The molecule has 2 saturated heterocycles. The van der Waals surface area contributed by atoms with Crippen molar-refractivity contribution in [2.24, 2.45) is 0 Å². The van der Waals surface area contributed by atoms with Gasteiger partial charge in [0.15, 0.2) is 11.5 Å². The summed E-state index contributed by atoms with van der Waals surface area (Å²) in [5.74, 6) is 0.0742. The average molecular weight is 448 g/mol. The minimum Gasteiger partial charge on any atom is -0.490 e. The van der Waals surface area contributed by atoms with Crippen LogP contribution in [0.2, 0.25) is 0 Å². The fraction of sp³-hybridized carbons (Fsp3) is 0.609. The molecule has 0 spiro atoms. The van der Waals surface area contributed by atoms with E-state index in [4.69, 9.17) is 14.2 Å². The van der Waals surface area contributed by atoms with E-state index in [1.807, 2.05) is 13.8 Å². The van der Waals surface area contributed by atoms with Crippen molar-refractivity contribution in [3.8, 4) is 11.5 Å². The number of hydrogen-bond acceptors (Lipinski definition) is 6. The van der Waals surface area contributed by atoms with E-state index in [-0.39, 0.29) is 5.91 Å². The van der Waals surface area contributed by atoms with Gasteiger partial charge in [-0.25, -0.2) is 0 Å². The van der Waals surface area contributed by atoms with Crippen molar-refractivity contribution < 1.29 is 28.6 Å². The van der Waals surface area contributed by atoms with Gasteiger partial charge in [0.2, 0.25) is 0 Å². The van der Waals surface area contributed by atoms with Crippen LogP contribution in [0.1, 0.15) is 37.0 Å². The largest absolute Gasteiger partial charge is 0.490 e. The van der Waals surface area contributed by atoms with Crippen LogP contribution in [0.5, 0.6) is 11.5 Å². The van der Waals surface area contributed by atoms with Gasteiger partial charge in [0, 0.05) is 44.8 Å². The van der Waals surface area contributed by atoms with Crippen LogP contribution in [-0.4, -0.2) is 98.1 Å². The summed E-state index contributed by atoms with van der Waals surface area (Å²) < 4.78 is 16.8. The van der Waals surface area contributed by atoms with E-state index in [0.29, 0.717) is 82.8 Å². The summed E-state index contributed by atoms with van der Waals surface area (Å²) in [5.41, 5.74) is 0.518. The minimum absolute atomic E-state index is 0.125. The SMILES string of the molecule is CCCOc1ccc(C(=O)N2CCN(C(=O)C(=O)N3CCOCC3)CC2)cc1OCCC. The summed E-state index contributed by atoms with van der Waals surface area (Å²) in [6, 6.07) is 5.24. The summed E-state index contributed by atoms with van der Waals surface area (Å²) in [5, 5.41) is 0. The molecule has 176 valence electrons. The fourth-order valence-corrected chi connectivity index (χ4v) is 3.63. The molecule has 0 unspecified atom stereocenters. The number of benzene rings is 1. The quantitative estimate of drug-likeness (QED) is 0.588. The number of rotatable bonds is 7. The Morgan fingerprint density at radius 2 is 1.31 bits per heavy atom. The predicted octanol–water partition coefficient (Wildman–Crippen LogP) is 1.41. The zero-order valence-corrected chi connectivity index (χ0v) is 19.0. The molecule has 3 rings (SSSR count). The maximum atomic E-state index is 13.0. The van der Waals surface area contributed by atoms with Crippen molar-refractivity contribution in [3.63, 3.8) is 0 Å².